The number of nitrogens with zero attached hydrogens (tertiary/aromatic N) is 1. The van der Waals surface area contributed by atoms with E-state index in [1.165, 1.54) is 0 Å². The SMILES string of the molecule is O=C(CCOCC(F)F)Nc1ccc(-c2ccn[nH]2)cc1. The van der Waals surface area contributed by atoms with Gasteiger partial charge in [0.25, 0.3) is 6.43 Å². The van der Waals surface area contributed by atoms with Gasteiger partial charge in [-0.25, -0.2) is 8.78 Å². The van der Waals surface area contributed by atoms with Crippen LogP contribution in [0.5, 0.6) is 0 Å². The minimum absolute atomic E-state index is 0.0254. The number of hydrogen-bond donors (Lipinski definition) is 2. The Labute approximate surface area is 120 Å². The van der Waals surface area contributed by atoms with Gasteiger partial charge in [0.1, 0.15) is 6.61 Å². The zero-order valence-electron chi connectivity index (χ0n) is 11.2. The van der Waals surface area contributed by atoms with Gasteiger partial charge in [-0.1, -0.05) is 12.1 Å². The number of aromatic amines is 1. The quantitative estimate of drug-likeness (QED) is 0.772. The summed E-state index contributed by atoms with van der Waals surface area (Å²) in [4.78, 5) is 11.6. The minimum atomic E-state index is -2.51. The van der Waals surface area contributed by atoms with Crippen molar-refractivity contribution < 1.29 is 18.3 Å². The standard InChI is InChI=1S/C14H15F2N3O2/c15-13(16)9-21-8-6-14(20)18-11-3-1-10(2-4-11)12-5-7-17-19-12/h1-5,7,13H,6,8-9H2,(H,17,19)(H,18,20). The van der Waals surface area contributed by atoms with Gasteiger partial charge in [0.05, 0.1) is 18.7 Å². The minimum Gasteiger partial charge on any atom is -0.375 e. The lowest BCUT2D eigenvalue weighted by atomic mass is 10.1. The number of amides is 1. The summed E-state index contributed by atoms with van der Waals surface area (Å²) in [5, 5.41) is 9.37. The maximum Gasteiger partial charge on any atom is 0.261 e. The first-order valence-corrected chi connectivity index (χ1v) is 6.40. The van der Waals surface area contributed by atoms with Crippen LogP contribution in [0.25, 0.3) is 11.3 Å². The second kappa shape index (κ2) is 7.49. The van der Waals surface area contributed by atoms with Crippen molar-refractivity contribution in [1.29, 1.82) is 0 Å². The average molecular weight is 295 g/mol. The largest absolute Gasteiger partial charge is 0.375 e. The molecule has 0 bridgehead atoms. The summed E-state index contributed by atoms with van der Waals surface area (Å²) < 4.78 is 28.3. The molecule has 0 unspecified atom stereocenters. The zero-order chi connectivity index (χ0) is 15.1. The van der Waals surface area contributed by atoms with Crippen molar-refractivity contribution in [3.05, 3.63) is 36.5 Å². The Bertz CT molecular complexity index is 556. The highest BCUT2D eigenvalue weighted by Gasteiger charge is 2.06. The summed E-state index contributed by atoms with van der Waals surface area (Å²) in [7, 11) is 0. The molecule has 0 radical (unpaired) electrons. The number of anilines is 1. The molecule has 0 aliphatic heterocycles. The Morgan fingerprint density at radius 1 is 1.29 bits per heavy atom. The lowest BCUT2D eigenvalue weighted by molar-refractivity contribution is -0.117. The Kier molecular flexibility index (Phi) is 5.39. The highest BCUT2D eigenvalue weighted by molar-refractivity contribution is 5.91. The molecule has 2 rings (SSSR count). The molecule has 0 aliphatic carbocycles. The fourth-order valence-corrected chi connectivity index (χ4v) is 1.71. The molecular weight excluding hydrogens is 280 g/mol. The smallest absolute Gasteiger partial charge is 0.261 e. The van der Waals surface area contributed by atoms with Crippen LogP contribution < -0.4 is 5.32 Å². The molecular formula is C14H15F2N3O2. The number of hydrogen-bond acceptors (Lipinski definition) is 3. The number of nitrogens with one attached hydrogen (secondary N) is 2. The van der Waals surface area contributed by atoms with E-state index in [4.69, 9.17) is 0 Å². The van der Waals surface area contributed by atoms with E-state index in [-0.39, 0.29) is 18.9 Å². The van der Waals surface area contributed by atoms with E-state index in [2.05, 4.69) is 20.3 Å². The van der Waals surface area contributed by atoms with E-state index < -0.39 is 13.0 Å². The van der Waals surface area contributed by atoms with Gasteiger partial charge < -0.3 is 10.1 Å². The molecule has 1 amide bonds. The first-order valence-electron chi connectivity index (χ1n) is 6.40. The van der Waals surface area contributed by atoms with Gasteiger partial charge in [0, 0.05) is 11.9 Å². The molecule has 1 aromatic carbocycles. The number of aromatic nitrogens is 2. The summed E-state index contributed by atoms with van der Waals surface area (Å²) >= 11 is 0. The van der Waals surface area contributed by atoms with E-state index >= 15 is 0 Å². The average Bonchev–Trinajstić information content (AvgIpc) is 2.98. The monoisotopic (exact) mass is 295 g/mol. The number of carbonyl (C=O) groups is 1. The fourth-order valence-electron chi connectivity index (χ4n) is 1.71. The zero-order valence-corrected chi connectivity index (χ0v) is 11.2. The number of carbonyl (C=O) groups excluding carboxylic acids is 1. The maximum absolute atomic E-state index is 11.8. The van der Waals surface area contributed by atoms with Crippen LogP contribution in [0.15, 0.2) is 36.5 Å². The van der Waals surface area contributed by atoms with Crippen molar-refractivity contribution in [3.63, 3.8) is 0 Å². The third kappa shape index (κ3) is 4.96. The second-order valence-electron chi connectivity index (χ2n) is 4.31. The predicted octanol–water partition coefficient (Wildman–Crippen LogP) is 2.69. The van der Waals surface area contributed by atoms with Crippen LogP contribution in [0.2, 0.25) is 0 Å². The number of ether oxygens (including phenoxy) is 1. The normalized spacial score (nSPS) is 10.8. The number of alkyl halides is 2. The first kappa shape index (κ1) is 15.1. The summed E-state index contributed by atoms with van der Waals surface area (Å²) in [5.41, 5.74) is 2.47. The molecule has 0 spiro atoms. The van der Waals surface area contributed by atoms with E-state index in [1.807, 2.05) is 18.2 Å². The molecule has 0 saturated carbocycles. The Balaban J connectivity index is 1.79. The van der Waals surface area contributed by atoms with Gasteiger partial charge in [0.15, 0.2) is 0 Å². The van der Waals surface area contributed by atoms with Crippen molar-refractivity contribution >= 4 is 11.6 Å². The molecule has 7 heteroatoms. The molecule has 1 aromatic heterocycles. The van der Waals surface area contributed by atoms with E-state index in [1.54, 1.807) is 18.3 Å². The Morgan fingerprint density at radius 2 is 2.05 bits per heavy atom. The topological polar surface area (TPSA) is 67.0 Å². The highest BCUT2D eigenvalue weighted by atomic mass is 19.3. The van der Waals surface area contributed by atoms with E-state index in [0.29, 0.717) is 5.69 Å². The maximum atomic E-state index is 11.8. The number of halogens is 2. The van der Waals surface area contributed by atoms with Crippen molar-refractivity contribution in [3.8, 4) is 11.3 Å². The van der Waals surface area contributed by atoms with Crippen LogP contribution in [0, 0.1) is 0 Å². The van der Waals surface area contributed by atoms with Crippen LogP contribution in [0.1, 0.15) is 6.42 Å². The van der Waals surface area contributed by atoms with Crippen molar-refractivity contribution in [2.75, 3.05) is 18.5 Å². The molecule has 21 heavy (non-hydrogen) atoms. The molecule has 0 aliphatic rings. The van der Waals surface area contributed by atoms with Gasteiger partial charge in [0.2, 0.25) is 5.91 Å². The van der Waals surface area contributed by atoms with Gasteiger partial charge in [-0.05, 0) is 23.8 Å². The van der Waals surface area contributed by atoms with Crippen molar-refractivity contribution in [2.24, 2.45) is 0 Å². The van der Waals surface area contributed by atoms with Gasteiger partial charge >= 0.3 is 0 Å². The summed E-state index contributed by atoms with van der Waals surface area (Å²) in [6.45, 7) is -0.672. The Morgan fingerprint density at radius 3 is 2.67 bits per heavy atom. The molecule has 2 N–H and O–H groups in total. The third-order valence-electron chi connectivity index (χ3n) is 2.70. The van der Waals surface area contributed by atoms with Crippen molar-refractivity contribution in [2.45, 2.75) is 12.8 Å². The molecule has 112 valence electrons. The van der Waals surface area contributed by atoms with Gasteiger partial charge in [-0.2, -0.15) is 5.10 Å². The van der Waals surface area contributed by atoms with Gasteiger partial charge in [-0.3, -0.25) is 9.89 Å². The lowest BCUT2D eigenvalue weighted by Gasteiger charge is -2.06. The first-order chi connectivity index (χ1) is 10.1. The van der Waals surface area contributed by atoms with Gasteiger partial charge in [-0.15, -0.1) is 0 Å². The highest BCUT2D eigenvalue weighted by Crippen LogP contribution is 2.18. The van der Waals surface area contributed by atoms with Crippen LogP contribution in [-0.2, 0) is 9.53 Å². The molecule has 0 fully saturated rings. The van der Waals surface area contributed by atoms with E-state index in [0.717, 1.165) is 11.3 Å². The summed E-state index contributed by atoms with van der Waals surface area (Å²) in [6, 6.07) is 9.04. The number of H-pyrrole nitrogens is 1. The van der Waals surface area contributed by atoms with Crippen LogP contribution in [0.3, 0.4) is 0 Å². The van der Waals surface area contributed by atoms with Crippen LogP contribution in [0.4, 0.5) is 14.5 Å². The summed E-state index contributed by atoms with van der Waals surface area (Å²) in [5.74, 6) is -0.279. The number of benzene rings is 1. The van der Waals surface area contributed by atoms with Crippen LogP contribution in [-0.4, -0.2) is 35.7 Å². The Hall–Kier alpha value is -2.28. The van der Waals surface area contributed by atoms with Crippen LogP contribution >= 0.6 is 0 Å². The molecule has 5 nitrogen and oxygen atoms in total. The number of rotatable bonds is 7. The summed E-state index contributed by atoms with van der Waals surface area (Å²) in [6.07, 6.45) is -0.817. The molecule has 0 atom stereocenters. The lowest BCUT2D eigenvalue weighted by Crippen LogP contribution is -2.15. The third-order valence-corrected chi connectivity index (χ3v) is 2.70. The van der Waals surface area contributed by atoms with Crippen molar-refractivity contribution in [1.82, 2.24) is 10.2 Å². The fraction of sp³-hybridized carbons (Fsp3) is 0.286. The predicted molar refractivity (Wildman–Crippen MR) is 74.1 cm³/mol. The molecule has 2 aromatic rings. The molecule has 1 heterocycles. The molecule has 0 saturated heterocycles. The second-order valence-corrected chi connectivity index (χ2v) is 4.31. The van der Waals surface area contributed by atoms with E-state index in [9.17, 15) is 13.6 Å².